The largest absolute Gasteiger partial charge is 0.352 e. The average Bonchev–Trinajstić information content (AvgIpc) is 2.55. The van der Waals surface area contributed by atoms with Crippen LogP contribution in [-0.4, -0.2) is 42.4 Å². The van der Waals surface area contributed by atoms with Gasteiger partial charge in [0.2, 0.25) is 5.91 Å². The summed E-state index contributed by atoms with van der Waals surface area (Å²) in [4.78, 5) is 26.1. The lowest BCUT2D eigenvalue weighted by atomic mass is 9.92. The predicted molar refractivity (Wildman–Crippen MR) is 101 cm³/mol. The molecule has 3 N–H and O–H groups in total. The van der Waals surface area contributed by atoms with Crippen LogP contribution in [0.2, 0.25) is 0 Å². The number of amides is 2. The number of hydrogen-bond acceptors (Lipinski definition) is 3. The van der Waals surface area contributed by atoms with E-state index in [1.807, 2.05) is 24.0 Å². The Morgan fingerprint density at radius 1 is 1.38 bits per heavy atom. The van der Waals surface area contributed by atoms with Crippen molar-refractivity contribution >= 4 is 40.2 Å². The van der Waals surface area contributed by atoms with Gasteiger partial charge in [-0.05, 0) is 49.9 Å². The summed E-state index contributed by atoms with van der Waals surface area (Å²) in [5.41, 5.74) is 6.54. The SMILES string of the molecule is CC(N)C1CCCN(C(=O)CCNC(=O)c2ccc(Br)cc2)C1.Cl. The van der Waals surface area contributed by atoms with Crippen LogP contribution in [0, 0.1) is 5.92 Å². The van der Waals surface area contributed by atoms with Crippen molar-refractivity contribution in [3.05, 3.63) is 34.3 Å². The molecule has 24 heavy (non-hydrogen) atoms. The maximum absolute atomic E-state index is 12.3. The molecule has 0 bridgehead atoms. The zero-order valence-electron chi connectivity index (χ0n) is 13.8. The van der Waals surface area contributed by atoms with Crippen molar-refractivity contribution in [2.75, 3.05) is 19.6 Å². The van der Waals surface area contributed by atoms with Gasteiger partial charge in [-0.3, -0.25) is 9.59 Å². The normalized spacial score (nSPS) is 18.5. The van der Waals surface area contributed by atoms with E-state index in [9.17, 15) is 9.59 Å². The minimum Gasteiger partial charge on any atom is -0.352 e. The first-order valence-electron chi connectivity index (χ1n) is 8.04. The van der Waals surface area contributed by atoms with E-state index in [0.717, 1.165) is 30.4 Å². The fraction of sp³-hybridized carbons (Fsp3) is 0.529. The van der Waals surface area contributed by atoms with E-state index < -0.39 is 0 Å². The molecule has 5 nitrogen and oxygen atoms in total. The summed E-state index contributed by atoms with van der Waals surface area (Å²) in [5.74, 6) is 0.314. The lowest BCUT2D eigenvalue weighted by Crippen LogP contribution is -2.45. The number of nitrogens with two attached hydrogens (primary N) is 1. The molecular formula is C17H25BrClN3O2. The van der Waals surface area contributed by atoms with Gasteiger partial charge in [0, 0.05) is 42.1 Å². The maximum Gasteiger partial charge on any atom is 0.251 e. The molecule has 1 fully saturated rings. The second kappa shape index (κ2) is 10.0. The van der Waals surface area contributed by atoms with Gasteiger partial charge in [-0.15, -0.1) is 12.4 Å². The molecule has 1 heterocycles. The number of piperidine rings is 1. The number of likely N-dealkylation sites (tertiary alicyclic amines) is 1. The second-order valence-electron chi connectivity index (χ2n) is 6.11. The molecule has 2 atom stereocenters. The van der Waals surface area contributed by atoms with E-state index in [-0.39, 0.29) is 30.3 Å². The van der Waals surface area contributed by atoms with Crippen LogP contribution in [0.25, 0.3) is 0 Å². The summed E-state index contributed by atoms with van der Waals surface area (Å²) in [6, 6.07) is 7.25. The van der Waals surface area contributed by atoms with Gasteiger partial charge < -0.3 is 16.0 Å². The Balaban J connectivity index is 0.00000288. The highest BCUT2D eigenvalue weighted by molar-refractivity contribution is 9.10. The first kappa shape index (κ1) is 20.9. The van der Waals surface area contributed by atoms with Gasteiger partial charge in [-0.1, -0.05) is 15.9 Å². The Morgan fingerprint density at radius 2 is 2.04 bits per heavy atom. The molecule has 0 aliphatic carbocycles. The van der Waals surface area contributed by atoms with Crippen LogP contribution < -0.4 is 11.1 Å². The van der Waals surface area contributed by atoms with Gasteiger partial charge in [0.25, 0.3) is 5.91 Å². The highest BCUT2D eigenvalue weighted by Gasteiger charge is 2.25. The third kappa shape index (κ3) is 6.07. The third-order valence-corrected chi connectivity index (χ3v) is 4.81. The molecule has 1 aromatic carbocycles. The second-order valence-corrected chi connectivity index (χ2v) is 7.03. The highest BCUT2D eigenvalue weighted by Crippen LogP contribution is 2.19. The van der Waals surface area contributed by atoms with Crippen molar-refractivity contribution in [1.82, 2.24) is 10.2 Å². The Labute approximate surface area is 157 Å². The van der Waals surface area contributed by atoms with Gasteiger partial charge in [0.1, 0.15) is 0 Å². The molecule has 0 spiro atoms. The Hall–Kier alpha value is -1.11. The first-order chi connectivity index (χ1) is 11.0. The van der Waals surface area contributed by atoms with Crippen LogP contribution in [0.15, 0.2) is 28.7 Å². The van der Waals surface area contributed by atoms with Crippen molar-refractivity contribution in [3.8, 4) is 0 Å². The van der Waals surface area contributed by atoms with E-state index in [1.165, 1.54) is 0 Å². The maximum atomic E-state index is 12.3. The van der Waals surface area contributed by atoms with E-state index in [0.29, 0.717) is 24.4 Å². The number of halogens is 2. The van der Waals surface area contributed by atoms with Crippen molar-refractivity contribution in [2.45, 2.75) is 32.2 Å². The molecule has 1 aliphatic rings. The van der Waals surface area contributed by atoms with Crippen LogP contribution in [0.4, 0.5) is 0 Å². The van der Waals surface area contributed by atoms with Crippen LogP contribution in [0.3, 0.4) is 0 Å². The van der Waals surface area contributed by atoms with E-state index in [4.69, 9.17) is 5.73 Å². The minimum atomic E-state index is -0.155. The van der Waals surface area contributed by atoms with Gasteiger partial charge in [0.05, 0.1) is 0 Å². The summed E-state index contributed by atoms with van der Waals surface area (Å²) in [6.45, 7) is 3.88. The Morgan fingerprint density at radius 3 is 2.67 bits per heavy atom. The molecule has 2 amide bonds. The molecule has 1 aromatic rings. The molecule has 1 aliphatic heterocycles. The lowest BCUT2D eigenvalue weighted by molar-refractivity contribution is -0.132. The van der Waals surface area contributed by atoms with Crippen molar-refractivity contribution in [3.63, 3.8) is 0 Å². The number of nitrogens with one attached hydrogen (secondary N) is 1. The number of carbonyl (C=O) groups is 2. The van der Waals surface area contributed by atoms with E-state index in [2.05, 4.69) is 21.2 Å². The quantitative estimate of drug-likeness (QED) is 0.771. The zero-order valence-corrected chi connectivity index (χ0v) is 16.2. The van der Waals surface area contributed by atoms with Gasteiger partial charge >= 0.3 is 0 Å². The third-order valence-electron chi connectivity index (χ3n) is 4.28. The minimum absolute atomic E-state index is 0. The topological polar surface area (TPSA) is 75.4 Å². The number of rotatable bonds is 5. The predicted octanol–water partition coefficient (Wildman–Crippen LogP) is 2.58. The monoisotopic (exact) mass is 417 g/mol. The lowest BCUT2D eigenvalue weighted by Gasteiger charge is -2.34. The molecule has 7 heteroatoms. The van der Waals surface area contributed by atoms with Gasteiger partial charge in [-0.2, -0.15) is 0 Å². The number of benzene rings is 1. The molecule has 134 valence electrons. The summed E-state index contributed by atoms with van der Waals surface area (Å²) in [5, 5.41) is 2.80. The zero-order chi connectivity index (χ0) is 16.8. The van der Waals surface area contributed by atoms with Crippen LogP contribution >= 0.6 is 28.3 Å². The fourth-order valence-corrected chi connectivity index (χ4v) is 3.07. The summed E-state index contributed by atoms with van der Waals surface area (Å²) in [7, 11) is 0. The van der Waals surface area contributed by atoms with Crippen molar-refractivity contribution in [2.24, 2.45) is 11.7 Å². The summed E-state index contributed by atoms with van der Waals surface area (Å²) in [6.07, 6.45) is 2.42. The van der Waals surface area contributed by atoms with Crippen molar-refractivity contribution < 1.29 is 9.59 Å². The standard InChI is InChI=1S/C17H24BrN3O2.ClH/c1-12(19)14-3-2-10-21(11-14)16(22)8-9-20-17(23)13-4-6-15(18)7-5-13;/h4-7,12,14H,2-3,8-11,19H2,1H3,(H,20,23);1H. The Kier molecular flexibility index (Phi) is 8.73. The van der Waals surface area contributed by atoms with Gasteiger partial charge in [0.15, 0.2) is 0 Å². The molecular weight excluding hydrogens is 394 g/mol. The highest BCUT2D eigenvalue weighted by atomic mass is 79.9. The molecule has 2 rings (SSSR count). The fourth-order valence-electron chi connectivity index (χ4n) is 2.81. The van der Waals surface area contributed by atoms with E-state index >= 15 is 0 Å². The van der Waals surface area contributed by atoms with Crippen LogP contribution in [0.1, 0.15) is 36.5 Å². The van der Waals surface area contributed by atoms with Gasteiger partial charge in [-0.25, -0.2) is 0 Å². The Bertz CT molecular complexity index is 551. The molecule has 2 unspecified atom stereocenters. The summed E-state index contributed by atoms with van der Waals surface area (Å²) >= 11 is 3.33. The van der Waals surface area contributed by atoms with Crippen LogP contribution in [-0.2, 0) is 4.79 Å². The molecule has 0 radical (unpaired) electrons. The molecule has 0 aromatic heterocycles. The van der Waals surface area contributed by atoms with Crippen LogP contribution in [0.5, 0.6) is 0 Å². The smallest absolute Gasteiger partial charge is 0.251 e. The first-order valence-corrected chi connectivity index (χ1v) is 8.84. The number of carbonyl (C=O) groups excluding carboxylic acids is 2. The number of hydrogen-bond donors (Lipinski definition) is 2. The molecule has 0 saturated carbocycles. The number of nitrogens with zero attached hydrogens (tertiary/aromatic N) is 1. The van der Waals surface area contributed by atoms with E-state index in [1.54, 1.807) is 12.1 Å². The van der Waals surface area contributed by atoms with Crippen molar-refractivity contribution in [1.29, 1.82) is 0 Å². The molecule has 1 saturated heterocycles. The summed E-state index contributed by atoms with van der Waals surface area (Å²) < 4.78 is 0.929. The average molecular weight is 419 g/mol.